The van der Waals surface area contributed by atoms with Gasteiger partial charge in [0, 0.05) is 5.56 Å². The first-order chi connectivity index (χ1) is 10.3. The van der Waals surface area contributed by atoms with Crippen LogP contribution in [0, 0.1) is 0 Å². The first kappa shape index (κ1) is 17.0. The van der Waals surface area contributed by atoms with E-state index in [4.69, 9.17) is 0 Å². The molecule has 2 aromatic rings. The summed E-state index contributed by atoms with van der Waals surface area (Å²) in [5.41, 5.74) is 1.30. The molecule has 1 unspecified atom stereocenters. The normalized spacial score (nSPS) is 17.0. The zero-order chi connectivity index (χ0) is 14.7. The van der Waals surface area contributed by atoms with Crippen LogP contribution < -0.4 is 17.3 Å². The molecule has 118 valence electrons. The highest BCUT2D eigenvalue weighted by Gasteiger charge is 2.28. The van der Waals surface area contributed by atoms with Gasteiger partial charge in [0.1, 0.15) is 6.54 Å². The maximum atomic E-state index is 12.1. The lowest BCUT2D eigenvalue weighted by Gasteiger charge is -2.29. The van der Waals surface area contributed by atoms with Gasteiger partial charge in [-0.25, -0.2) is 4.79 Å². The molecular formula is C19H24ClNO. The van der Waals surface area contributed by atoms with E-state index in [-0.39, 0.29) is 18.3 Å². The molecule has 1 atom stereocenters. The summed E-state index contributed by atoms with van der Waals surface area (Å²) in [6, 6.07) is 15.4. The number of carbonyl (C=O) groups excluding carboxylic acids is 1. The van der Waals surface area contributed by atoms with Gasteiger partial charge in [-0.05, 0) is 36.5 Å². The van der Waals surface area contributed by atoms with Crippen LogP contribution in [0.15, 0.2) is 42.5 Å². The summed E-state index contributed by atoms with van der Waals surface area (Å²) in [5.74, 6) is 0.287. The fourth-order valence-corrected chi connectivity index (χ4v) is 3.66. The molecule has 1 amide bonds. The summed E-state index contributed by atoms with van der Waals surface area (Å²) >= 11 is 0. The number of halogens is 1. The summed E-state index contributed by atoms with van der Waals surface area (Å²) in [6.45, 7) is 2.57. The van der Waals surface area contributed by atoms with Gasteiger partial charge in [0.25, 0.3) is 0 Å². The van der Waals surface area contributed by atoms with Crippen molar-refractivity contribution in [2.45, 2.75) is 51.6 Å². The summed E-state index contributed by atoms with van der Waals surface area (Å²) in [7, 11) is 0. The maximum Gasteiger partial charge on any atom is 0.309 e. The predicted molar refractivity (Wildman–Crippen MR) is 86.2 cm³/mol. The van der Waals surface area contributed by atoms with Crippen molar-refractivity contribution in [2.75, 3.05) is 0 Å². The molecule has 1 N–H and O–H groups in total. The van der Waals surface area contributed by atoms with Crippen molar-refractivity contribution in [1.82, 2.24) is 0 Å². The van der Waals surface area contributed by atoms with Crippen molar-refractivity contribution < 1.29 is 22.1 Å². The fourth-order valence-electron chi connectivity index (χ4n) is 3.66. The van der Waals surface area contributed by atoms with E-state index in [9.17, 15) is 4.79 Å². The Morgan fingerprint density at radius 3 is 2.45 bits per heavy atom. The van der Waals surface area contributed by atoms with Crippen LogP contribution >= 0.6 is 0 Å². The highest BCUT2D eigenvalue weighted by atomic mass is 35.5. The number of hydrogen-bond acceptors (Lipinski definition) is 1. The second-order valence-electron chi connectivity index (χ2n) is 6.23. The molecule has 0 radical (unpaired) electrons. The molecule has 0 heterocycles. The quantitative estimate of drug-likeness (QED) is 0.852. The number of fused-ring (bicyclic) bond motifs is 1. The van der Waals surface area contributed by atoms with Crippen LogP contribution in [0.4, 0.5) is 0 Å². The first-order valence-corrected chi connectivity index (χ1v) is 8.09. The van der Waals surface area contributed by atoms with Gasteiger partial charge in [-0.2, -0.15) is 0 Å². The average Bonchev–Trinajstić information content (AvgIpc) is 2.53. The van der Waals surface area contributed by atoms with Crippen molar-refractivity contribution in [2.24, 2.45) is 0 Å². The average molecular weight is 318 g/mol. The molecule has 1 fully saturated rings. The monoisotopic (exact) mass is 317 g/mol. The lowest BCUT2D eigenvalue weighted by molar-refractivity contribution is -0.863. The molecule has 0 aromatic heterocycles. The first-order valence-electron chi connectivity index (χ1n) is 8.09. The molecule has 2 nitrogen and oxygen atoms in total. The molecule has 1 aliphatic rings. The molecular weight excluding hydrogens is 294 g/mol. The van der Waals surface area contributed by atoms with Gasteiger partial charge >= 0.3 is 5.91 Å². The molecule has 0 aliphatic heterocycles. The van der Waals surface area contributed by atoms with E-state index < -0.39 is 0 Å². The van der Waals surface area contributed by atoms with Crippen LogP contribution in [0.3, 0.4) is 0 Å². The van der Waals surface area contributed by atoms with Crippen molar-refractivity contribution in [3.05, 3.63) is 48.0 Å². The zero-order valence-corrected chi connectivity index (χ0v) is 13.9. The molecule has 3 heteroatoms. The third-order valence-corrected chi connectivity index (χ3v) is 4.81. The maximum absolute atomic E-state index is 12.1. The Balaban J connectivity index is 0.00000176. The van der Waals surface area contributed by atoms with E-state index in [0.29, 0.717) is 6.04 Å². The Labute approximate surface area is 138 Å². The Kier molecular flexibility index (Phi) is 5.98. The Bertz CT molecular complexity index is 629. The molecule has 0 spiro atoms. The van der Waals surface area contributed by atoms with Crippen molar-refractivity contribution in [3.8, 4) is 0 Å². The van der Waals surface area contributed by atoms with E-state index >= 15 is 0 Å². The number of benzene rings is 2. The van der Waals surface area contributed by atoms with Crippen LogP contribution in [-0.4, -0.2) is 11.9 Å². The van der Waals surface area contributed by atoms with Gasteiger partial charge in [0.15, 0.2) is 0 Å². The number of hydrogen-bond donors (Lipinski definition) is 1. The second-order valence-corrected chi connectivity index (χ2v) is 6.23. The summed E-state index contributed by atoms with van der Waals surface area (Å²) in [5, 5.41) is 2.55. The third kappa shape index (κ3) is 3.68. The summed E-state index contributed by atoms with van der Waals surface area (Å²) < 4.78 is 0. The highest BCUT2D eigenvalue weighted by molar-refractivity contribution is 5.85. The largest absolute Gasteiger partial charge is 1.00 e. The zero-order valence-electron chi connectivity index (χ0n) is 13.1. The highest BCUT2D eigenvalue weighted by Crippen LogP contribution is 2.19. The van der Waals surface area contributed by atoms with Gasteiger partial charge in [-0.3, -0.25) is 4.90 Å². The Hall–Kier alpha value is -1.38. The number of rotatable bonds is 3. The molecule has 0 saturated heterocycles. The minimum Gasteiger partial charge on any atom is -1.00 e. The van der Waals surface area contributed by atoms with Crippen molar-refractivity contribution >= 4 is 16.7 Å². The molecule has 1 saturated carbocycles. The van der Waals surface area contributed by atoms with E-state index in [1.54, 1.807) is 6.92 Å². The Morgan fingerprint density at radius 2 is 1.73 bits per heavy atom. The van der Waals surface area contributed by atoms with E-state index in [1.807, 2.05) is 0 Å². The lowest BCUT2D eigenvalue weighted by Crippen LogP contribution is -3.16. The fraction of sp³-hybridized carbons (Fsp3) is 0.421. The minimum absolute atomic E-state index is 0. The number of amides is 1. The SMILES string of the molecule is CC(=O)[NH+](Cc1cccc2ccccc12)C1CCCCC1.[Cl-]. The van der Waals surface area contributed by atoms with Gasteiger partial charge in [0.2, 0.25) is 0 Å². The topological polar surface area (TPSA) is 21.5 Å². The van der Waals surface area contributed by atoms with Gasteiger partial charge in [-0.15, -0.1) is 0 Å². The van der Waals surface area contributed by atoms with Gasteiger partial charge in [-0.1, -0.05) is 48.9 Å². The van der Waals surface area contributed by atoms with Crippen LogP contribution in [0.5, 0.6) is 0 Å². The van der Waals surface area contributed by atoms with Crippen molar-refractivity contribution in [3.63, 3.8) is 0 Å². The smallest absolute Gasteiger partial charge is 0.309 e. The standard InChI is InChI=1S/C19H23NO.ClH/c1-15(21)20(18-11-3-2-4-12-18)14-17-10-7-9-16-8-5-6-13-19(16)17;/h5-10,13,18H,2-4,11-12,14H2,1H3;1H. The summed E-state index contributed by atoms with van der Waals surface area (Å²) in [6.07, 6.45) is 6.27. The molecule has 1 aliphatic carbocycles. The summed E-state index contributed by atoms with van der Waals surface area (Å²) in [4.78, 5) is 13.3. The van der Waals surface area contributed by atoms with Crippen LogP contribution in [-0.2, 0) is 11.3 Å². The van der Waals surface area contributed by atoms with Crippen LogP contribution in [0.1, 0.15) is 44.6 Å². The van der Waals surface area contributed by atoms with E-state index in [2.05, 4.69) is 42.5 Å². The molecule has 3 rings (SSSR count). The van der Waals surface area contributed by atoms with Gasteiger partial charge < -0.3 is 12.4 Å². The van der Waals surface area contributed by atoms with Crippen LogP contribution in [0.25, 0.3) is 10.8 Å². The lowest BCUT2D eigenvalue weighted by atomic mass is 9.93. The number of carbonyl (C=O) groups is 1. The Morgan fingerprint density at radius 1 is 1.05 bits per heavy atom. The van der Waals surface area contributed by atoms with Crippen LogP contribution in [0.2, 0.25) is 0 Å². The molecule has 22 heavy (non-hydrogen) atoms. The third-order valence-electron chi connectivity index (χ3n) is 4.81. The van der Waals surface area contributed by atoms with E-state index in [1.165, 1.54) is 48.4 Å². The number of quaternary nitrogens is 1. The van der Waals surface area contributed by atoms with Crippen molar-refractivity contribution in [1.29, 1.82) is 0 Å². The second kappa shape index (κ2) is 7.75. The molecule has 2 aromatic carbocycles. The molecule has 0 bridgehead atoms. The van der Waals surface area contributed by atoms with E-state index in [0.717, 1.165) is 11.4 Å². The minimum atomic E-state index is 0. The predicted octanol–water partition coefficient (Wildman–Crippen LogP) is 0.108. The van der Waals surface area contributed by atoms with Gasteiger partial charge in [0.05, 0.1) is 13.0 Å². The number of nitrogens with one attached hydrogen (secondary N) is 1.